The Kier molecular flexibility index (Phi) is 3.31. The molecule has 1 aromatic rings. The topological polar surface area (TPSA) is 49.3 Å². The normalized spacial score (nSPS) is 16.6. The minimum absolute atomic E-state index is 0.287. The molecule has 0 saturated heterocycles. The van der Waals surface area contributed by atoms with Crippen molar-refractivity contribution in [3.63, 3.8) is 0 Å². The summed E-state index contributed by atoms with van der Waals surface area (Å²) in [5, 5.41) is 11.9. The molecular formula is C13H16FNO2. The van der Waals surface area contributed by atoms with Gasteiger partial charge in [0.2, 0.25) is 0 Å². The lowest BCUT2D eigenvalue weighted by molar-refractivity contribution is 0.0692. The Bertz CT molecular complexity index is 429. The van der Waals surface area contributed by atoms with Gasteiger partial charge in [0.1, 0.15) is 5.82 Å². The number of rotatable bonds is 5. The van der Waals surface area contributed by atoms with Crippen molar-refractivity contribution in [2.45, 2.75) is 32.2 Å². The fourth-order valence-corrected chi connectivity index (χ4v) is 1.98. The zero-order chi connectivity index (χ0) is 12.4. The predicted molar refractivity (Wildman–Crippen MR) is 63.8 cm³/mol. The molecule has 0 aliphatic heterocycles. The molecule has 1 aromatic carbocycles. The second kappa shape index (κ2) is 4.73. The van der Waals surface area contributed by atoms with Crippen LogP contribution in [0, 0.1) is 11.7 Å². The van der Waals surface area contributed by atoms with E-state index in [-0.39, 0.29) is 11.6 Å². The molecule has 92 valence electrons. The zero-order valence-corrected chi connectivity index (χ0v) is 9.74. The maximum absolute atomic E-state index is 13.4. The lowest BCUT2D eigenvalue weighted by atomic mass is 10.1. The van der Waals surface area contributed by atoms with Crippen molar-refractivity contribution in [2.24, 2.45) is 5.92 Å². The van der Waals surface area contributed by atoms with Crippen molar-refractivity contribution in [2.75, 3.05) is 5.32 Å². The first-order valence-electron chi connectivity index (χ1n) is 5.85. The van der Waals surface area contributed by atoms with Crippen molar-refractivity contribution in [3.8, 4) is 0 Å². The Morgan fingerprint density at radius 2 is 2.29 bits per heavy atom. The van der Waals surface area contributed by atoms with Crippen LogP contribution in [0.3, 0.4) is 0 Å². The molecule has 1 aliphatic rings. The number of carbonyl (C=O) groups is 1. The van der Waals surface area contributed by atoms with Crippen LogP contribution in [0.15, 0.2) is 18.2 Å². The van der Waals surface area contributed by atoms with E-state index in [4.69, 9.17) is 5.11 Å². The van der Waals surface area contributed by atoms with E-state index in [0.29, 0.717) is 5.69 Å². The first-order chi connectivity index (χ1) is 8.06. The van der Waals surface area contributed by atoms with Gasteiger partial charge >= 0.3 is 5.97 Å². The molecular weight excluding hydrogens is 221 g/mol. The summed E-state index contributed by atoms with van der Waals surface area (Å²) < 4.78 is 13.4. The third kappa shape index (κ3) is 3.19. The van der Waals surface area contributed by atoms with Gasteiger partial charge in [-0.15, -0.1) is 0 Å². The van der Waals surface area contributed by atoms with Crippen LogP contribution in [-0.4, -0.2) is 17.1 Å². The van der Waals surface area contributed by atoms with Gasteiger partial charge in [0.05, 0.1) is 5.56 Å². The molecule has 0 spiro atoms. The molecule has 0 aromatic heterocycles. The van der Waals surface area contributed by atoms with Gasteiger partial charge in [-0.3, -0.25) is 0 Å². The maximum Gasteiger partial charge on any atom is 0.338 e. The molecule has 1 aliphatic carbocycles. The van der Waals surface area contributed by atoms with Crippen molar-refractivity contribution in [3.05, 3.63) is 29.6 Å². The summed E-state index contributed by atoms with van der Waals surface area (Å²) in [6, 6.07) is 4.43. The predicted octanol–water partition coefficient (Wildman–Crippen LogP) is 3.12. The number of carboxylic acid groups (broad SMARTS) is 1. The number of benzene rings is 1. The molecule has 2 rings (SSSR count). The molecule has 0 bridgehead atoms. The van der Waals surface area contributed by atoms with Gasteiger partial charge in [0, 0.05) is 11.7 Å². The van der Waals surface area contributed by atoms with Crippen LogP contribution in [0.2, 0.25) is 0 Å². The number of hydrogen-bond acceptors (Lipinski definition) is 2. The summed E-state index contributed by atoms with van der Waals surface area (Å²) in [6.07, 6.45) is 3.67. The molecule has 17 heavy (non-hydrogen) atoms. The summed E-state index contributed by atoms with van der Waals surface area (Å²) in [4.78, 5) is 10.6. The highest BCUT2D eigenvalue weighted by molar-refractivity contribution is 5.88. The van der Waals surface area contributed by atoms with Gasteiger partial charge in [0.25, 0.3) is 0 Å². The van der Waals surface area contributed by atoms with E-state index >= 15 is 0 Å². The van der Waals surface area contributed by atoms with Gasteiger partial charge in [-0.2, -0.15) is 0 Å². The van der Waals surface area contributed by atoms with E-state index in [0.717, 1.165) is 12.3 Å². The minimum Gasteiger partial charge on any atom is -0.478 e. The number of hydrogen-bond donors (Lipinski definition) is 2. The van der Waals surface area contributed by atoms with Crippen molar-refractivity contribution < 1.29 is 14.3 Å². The molecule has 1 saturated carbocycles. The first-order valence-corrected chi connectivity index (χ1v) is 5.85. The number of anilines is 1. The van der Waals surface area contributed by atoms with Crippen LogP contribution in [-0.2, 0) is 0 Å². The zero-order valence-electron chi connectivity index (χ0n) is 9.74. The number of nitrogens with one attached hydrogen (secondary N) is 1. The Morgan fingerprint density at radius 1 is 1.59 bits per heavy atom. The summed E-state index contributed by atoms with van der Waals surface area (Å²) in [5.41, 5.74) is 0.353. The molecule has 3 nitrogen and oxygen atoms in total. The monoisotopic (exact) mass is 237 g/mol. The Morgan fingerprint density at radius 3 is 2.82 bits per heavy atom. The van der Waals surface area contributed by atoms with Crippen molar-refractivity contribution in [1.29, 1.82) is 0 Å². The highest BCUT2D eigenvalue weighted by Crippen LogP contribution is 2.34. The van der Waals surface area contributed by atoms with E-state index < -0.39 is 11.8 Å². The smallest absolute Gasteiger partial charge is 0.338 e. The summed E-state index contributed by atoms with van der Waals surface area (Å²) in [6.45, 7) is 2.06. The van der Waals surface area contributed by atoms with Crippen molar-refractivity contribution >= 4 is 11.7 Å². The van der Waals surface area contributed by atoms with Crippen LogP contribution in [0.4, 0.5) is 10.1 Å². The average Bonchev–Trinajstić information content (AvgIpc) is 3.00. The third-order valence-electron chi connectivity index (χ3n) is 3.00. The molecule has 1 fully saturated rings. The Hall–Kier alpha value is -1.58. The summed E-state index contributed by atoms with van der Waals surface area (Å²) in [5.74, 6) is -1.12. The van der Waals surface area contributed by atoms with E-state index in [2.05, 4.69) is 12.2 Å². The number of aromatic carboxylic acids is 1. The van der Waals surface area contributed by atoms with Crippen molar-refractivity contribution in [1.82, 2.24) is 0 Å². The number of halogens is 1. The lowest BCUT2D eigenvalue weighted by Gasteiger charge is -2.15. The second-order valence-corrected chi connectivity index (χ2v) is 4.72. The molecule has 0 amide bonds. The largest absolute Gasteiger partial charge is 0.478 e. The van der Waals surface area contributed by atoms with Crippen LogP contribution in [0.1, 0.15) is 36.5 Å². The molecule has 2 N–H and O–H groups in total. The molecule has 1 unspecified atom stereocenters. The molecule has 0 radical (unpaired) electrons. The second-order valence-electron chi connectivity index (χ2n) is 4.72. The SMILES string of the molecule is CC(CC1CC1)Nc1ccc(C(=O)O)c(F)c1. The summed E-state index contributed by atoms with van der Waals surface area (Å²) in [7, 11) is 0. The molecule has 0 heterocycles. The van der Waals surface area contributed by atoms with E-state index in [9.17, 15) is 9.18 Å². The quantitative estimate of drug-likeness (QED) is 0.827. The fraction of sp³-hybridized carbons (Fsp3) is 0.462. The van der Waals surface area contributed by atoms with Crippen LogP contribution in [0.25, 0.3) is 0 Å². The number of carboxylic acids is 1. The first kappa shape index (κ1) is 11.9. The maximum atomic E-state index is 13.4. The highest BCUT2D eigenvalue weighted by atomic mass is 19.1. The average molecular weight is 237 g/mol. The third-order valence-corrected chi connectivity index (χ3v) is 3.00. The highest BCUT2D eigenvalue weighted by Gasteiger charge is 2.23. The standard InChI is InChI=1S/C13H16FNO2/c1-8(6-9-2-3-9)15-10-4-5-11(13(16)17)12(14)7-10/h4-5,7-9,15H,2-3,6H2,1H3,(H,16,17). The van der Waals surface area contributed by atoms with E-state index in [1.807, 2.05) is 0 Å². The Labute approximate surface area is 99.7 Å². The van der Waals surface area contributed by atoms with Gasteiger partial charge in [-0.05, 0) is 37.5 Å². The van der Waals surface area contributed by atoms with Gasteiger partial charge in [-0.25, -0.2) is 9.18 Å². The van der Waals surface area contributed by atoms with Crippen LogP contribution in [0.5, 0.6) is 0 Å². The van der Waals surface area contributed by atoms with Crippen LogP contribution >= 0.6 is 0 Å². The Balaban J connectivity index is 2.00. The van der Waals surface area contributed by atoms with Gasteiger partial charge in [0.15, 0.2) is 0 Å². The van der Waals surface area contributed by atoms with E-state index in [1.54, 1.807) is 6.07 Å². The minimum atomic E-state index is -1.24. The lowest BCUT2D eigenvalue weighted by Crippen LogP contribution is -2.16. The van der Waals surface area contributed by atoms with Gasteiger partial charge in [-0.1, -0.05) is 12.8 Å². The fourth-order valence-electron chi connectivity index (χ4n) is 1.98. The van der Waals surface area contributed by atoms with Gasteiger partial charge < -0.3 is 10.4 Å². The molecule has 1 atom stereocenters. The van der Waals surface area contributed by atoms with Crippen LogP contribution < -0.4 is 5.32 Å². The summed E-state index contributed by atoms with van der Waals surface area (Å²) >= 11 is 0. The molecule has 4 heteroatoms. The van der Waals surface area contributed by atoms with E-state index in [1.165, 1.54) is 25.0 Å².